The number of nitrogens with zero attached hydrogens (tertiary/aromatic N) is 4. The Bertz CT molecular complexity index is 1180. The molecule has 1 N–H and O–H groups in total. The Morgan fingerprint density at radius 1 is 1.16 bits per heavy atom. The normalized spacial score (nSPS) is 12.6. The minimum absolute atomic E-state index is 0.0547. The summed E-state index contributed by atoms with van der Waals surface area (Å²) in [4.78, 5) is 13.9. The van der Waals surface area contributed by atoms with Gasteiger partial charge >= 0.3 is 0 Å². The Morgan fingerprint density at radius 3 is 2.48 bits per heavy atom. The van der Waals surface area contributed by atoms with Crippen molar-refractivity contribution in [3.8, 4) is 0 Å². The fourth-order valence-corrected chi connectivity index (χ4v) is 5.65. The third kappa shape index (κ3) is 5.89. The van der Waals surface area contributed by atoms with Gasteiger partial charge in [-0.3, -0.25) is 4.79 Å². The molecule has 3 aromatic rings. The predicted molar refractivity (Wildman–Crippen MR) is 121 cm³/mol. The van der Waals surface area contributed by atoms with Gasteiger partial charge in [0.2, 0.25) is 10.0 Å². The first-order valence-electron chi connectivity index (χ1n) is 9.20. The van der Waals surface area contributed by atoms with Crippen molar-refractivity contribution in [1.29, 1.82) is 0 Å². The van der Waals surface area contributed by atoms with E-state index in [0.717, 1.165) is 4.80 Å². The molecule has 0 bridgehead atoms. The van der Waals surface area contributed by atoms with Crippen molar-refractivity contribution in [2.45, 2.75) is 37.2 Å². The van der Waals surface area contributed by atoms with Gasteiger partial charge in [0.1, 0.15) is 6.54 Å². The second kappa shape index (κ2) is 10.2. The van der Waals surface area contributed by atoms with Gasteiger partial charge in [0.25, 0.3) is 0 Å². The molecule has 2 aromatic carbocycles. The van der Waals surface area contributed by atoms with Crippen LogP contribution in [0.25, 0.3) is 0 Å². The van der Waals surface area contributed by atoms with Crippen LogP contribution in [0.4, 0.5) is 0 Å². The van der Waals surface area contributed by atoms with Crippen molar-refractivity contribution in [3.63, 3.8) is 0 Å². The van der Waals surface area contributed by atoms with E-state index in [-0.39, 0.29) is 24.3 Å². The molecule has 1 heterocycles. The van der Waals surface area contributed by atoms with Gasteiger partial charge < -0.3 is 0 Å². The highest BCUT2D eigenvalue weighted by Crippen LogP contribution is 2.26. The van der Waals surface area contributed by atoms with Gasteiger partial charge in [-0.15, -0.1) is 10.2 Å². The summed E-state index contributed by atoms with van der Waals surface area (Å²) in [6, 6.07) is 10.6. The molecule has 3 rings (SSSR count). The molecule has 1 aromatic heterocycles. The summed E-state index contributed by atoms with van der Waals surface area (Å²) in [5.74, 6) is -0.0532. The van der Waals surface area contributed by atoms with Gasteiger partial charge in [-0.2, -0.15) is 4.80 Å². The predicted octanol–water partition coefficient (Wildman–Crippen LogP) is 3.66. The lowest BCUT2D eigenvalue weighted by atomic mass is 10.1. The first-order valence-corrected chi connectivity index (χ1v) is 12.2. The number of Topliss-reactive ketones (excluding diaryl/α,β-unsaturated/α-hetero) is 1. The number of halogens is 3. The van der Waals surface area contributed by atoms with Crippen molar-refractivity contribution in [2.24, 2.45) is 0 Å². The summed E-state index contributed by atoms with van der Waals surface area (Å²) in [5, 5.41) is 13.0. The molecule has 0 aliphatic heterocycles. The number of aromatic nitrogens is 4. The van der Waals surface area contributed by atoms with Crippen LogP contribution < -0.4 is 4.72 Å². The van der Waals surface area contributed by atoms with Crippen molar-refractivity contribution >= 4 is 54.9 Å². The number of tetrazole rings is 1. The van der Waals surface area contributed by atoms with E-state index in [1.165, 1.54) is 6.07 Å². The summed E-state index contributed by atoms with van der Waals surface area (Å²) in [5.41, 5.74) is 0.657. The van der Waals surface area contributed by atoms with E-state index in [1.807, 2.05) is 0 Å². The molecule has 0 radical (unpaired) electrons. The first-order chi connectivity index (χ1) is 14.7. The summed E-state index contributed by atoms with van der Waals surface area (Å²) in [7, 11) is -3.90. The van der Waals surface area contributed by atoms with E-state index < -0.39 is 21.8 Å². The third-order valence-corrected chi connectivity index (χ3v) is 7.60. The lowest BCUT2D eigenvalue weighted by Gasteiger charge is -2.16. The standard InChI is InChI=1S/C19H18BrCl2N5O3S/c1-2-16(25-31(29,30)18-9-4-3-6-13(18)20)17(28)11-27-24-19(23-26-27)10-12-14(21)7-5-8-15(12)22/h3-9,16,25H,2,10-11H2,1H3. The fourth-order valence-electron chi connectivity index (χ4n) is 2.81. The van der Waals surface area contributed by atoms with Gasteiger partial charge in [-0.1, -0.05) is 48.3 Å². The highest BCUT2D eigenvalue weighted by molar-refractivity contribution is 9.10. The first kappa shape index (κ1) is 23.8. The maximum absolute atomic E-state index is 12.7. The molecule has 12 heteroatoms. The molecule has 0 aliphatic carbocycles. The molecule has 8 nitrogen and oxygen atoms in total. The largest absolute Gasteiger partial charge is 0.296 e. The van der Waals surface area contributed by atoms with E-state index in [0.29, 0.717) is 25.9 Å². The zero-order chi connectivity index (χ0) is 22.6. The quantitative estimate of drug-likeness (QED) is 0.439. The van der Waals surface area contributed by atoms with Gasteiger partial charge in [0, 0.05) is 20.9 Å². The molecule has 164 valence electrons. The van der Waals surface area contributed by atoms with Gasteiger partial charge in [-0.05, 0) is 57.4 Å². The maximum atomic E-state index is 12.7. The van der Waals surface area contributed by atoms with Crippen LogP contribution in [-0.2, 0) is 27.8 Å². The highest BCUT2D eigenvalue weighted by atomic mass is 79.9. The Hall–Kier alpha value is -1.85. The van der Waals surface area contributed by atoms with Crippen LogP contribution in [0.1, 0.15) is 24.7 Å². The Kier molecular flexibility index (Phi) is 7.82. The number of carbonyl (C=O) groups excluding carboxylic acids is 1. The Morgan fingerprint density at radius 2 is 1.84 bits per heavy atom. The summed E-state index contributed by atoms with van der Waals surface area (Å²) >= 11 is 15.5. The maximum Gasteiger partial charge on any atom is 0.242 e. The van der Waals surface area contributed by atoms with Gasteiger partial charge in [0.05, 0.1) is 10.9 Å². The van der Waals surface area contributed by atoms with E-state index in [1.54, 1.807) is 43.3 Å². The SMILES string of the molecule is CCC(NS(=O)(=O)c1ccccc1Br)C(=O)Cn1nnc(Cc2c(Cl)cccc2Cl)n1. The van der Waals surface area contributed by atoms with Crippen LogP contribution in [0, 0.1) is 0 Å². The molecular weight excluding hydrogens is 529 g/mol. The Labute approximate surface area is 198 Å². The average Bonchev–Trinajstić information content (AvgIpc) is 3.16. The zero-order valence-electron chi connectivity index (χ0n) is 16.3. The third-order valence-electron chi connectivity index (χ3n) is 4.41. The number of carbonyl (C=O) groups is 1. The molecule has 0 amide bonds. The fraction of sp³-hybridized carbons (Fsp3) is 0.263. The summed E-state index contributed by atoms with van der Waals surface area (Å²) in [6.07, 6.45) is 0.512. The number of hydrogen-bond acceptors (Lipinski definition) is 6. The number of sulfonamides is 1. The highest BCUT2D eigenvalue weighted by Gasteiger charge is 2.26. The van der Waals surface area contributed by atoms with Crippen LogP contribution >= 0.6 is 39.1 Å². The molecule has 0 spiro atoms. The molecular formula is C19H18BrCl2N5O3S. The minimum Gasteiger partial charge on any atom is -0.296 e. The van der Waals surface area contributed by atoms with Crippen molar-refractivity contribution in [2.75, 3.05) is 0 Å². The van der Waals surface area contributed by atoms with E-state index in [2.05, 4.69) is 36.1 Å². The van der Waals surface area contributed by atoms with E-state index >= 15 is 0 Å². The number of benzene rings is 2. The molecule has 0 aliphatic rings. The lowest BCUT2D eigenvalue weighted by molar-refractivity contribution is -0.121. The minimum atomic E-state index is -3.90. The topological polar surface area (TPSA) is 107 Å². The van der Waals surface area contributed by atoms with Crippen LogP contribution in [0.3, 0.4) is 0 Å². The van der Waals surface area contributed by atoms with Crippen molar-refractivity contribution in [1.82, 2.24) is 24.9 Å². The van der Waals surface area contributed by atoms with Crippen LogP contribution in [0.2, 0.25) is 10.0 Å². The molecule has 0 saturated heterocycles. The summed E-state index contributed by atoms with van der Waals surface area (Å²) in [6.45, 7) is 1.48. The van der Waals surface area contributed by atoms with Crippen molar-refractivity contribution in [3.05, 3.63) is 68.4 Å². The monoisotopic (exact) mass is 545 g/mol. The Balaban J connectivity index is 1.70. The lowest BCUT2D eigenvalue weighted by Crippen LogP contribution is -2.42. The molecule has 31 heavy (non-hydrogen) atoms. The van der Waals surface area contributed by atoms with Crippen LogP contribution in [0.15, 0.2) is 51.8 Å². The molecule has 1 atom stereocenters. The average molecular weight is 547 g/mol. The number of nitrogens with one attached hydrogen (secondary N) is 1. The molecule has 0 saturated carbocycles. The van der Waals surface area contributed by atoms with Crippen molar-refractivity contribution < 1.29 is 13.2 Å². The second-order valence-electron chi connectivity index (χ2n) is 6.59. The van der Waals surface area contributed by atoms with Gasteiger partial charge in [0.15, 0.2) is 11.6 Å². The smallest absolute Gasteiger partial charge is 0.242 e. The van der Waals surface area contributed by atoms with E-state index in [9.17, 15) is 13.2 Å². The number of ketones is 1. The zero-order valence-corrected chi connectivity index (χ0v) is 20.2. The van der Waals surface area contributed by atoms with Crippen LogP contribution in [-0.4, -0.2) is 40.5 Å². The second-order valence-corrected chi connectivity index (χ2v) is 9.94. The summed E-state index contributed by atoms with van der Waals surface area (Å²) < 4.78 is 28.2. The molecule has 0 fully saturated rings. The van der Waals surface area contributed by atoms with E-state index in [4.69, 9.17) is 23.2 Å². The van der Waals surface area contributed by atoms with Crippen LogP contribution in [0.5, 0.6) is 0 Å². The molecule has 1 unspecified atom stereocenters. The number of rotatable bonds is 9. The van der Waals surface area contributed by atoms with Gasteiger partial charge in [-0.25, -0.2) is 13.1 Å². The number of hydrogen-bond donors (Lipinski definition) is 1.